The van der Waals surface area contributed by atoms with Crippen molar-refractivity contribution in [1.82, 2.24) is 9.88 Å². The number of aromatic nitrogens is 1. The molecule has 1 fully saturated rings. The summed E-state index contributed by atoms with van der Waals surface area (Å²) in [4.78, 5) is 13.4. The molecule has 3 unspecified atom stereocenters. The maximum Gasteiger partial charge on any atom is 0.247 e. The molecule has 4 aliphatic rings. The van der Waals surface area contributed by atoms with Crippen molar-refractivity contribution >= 4 is 5.91 Å². The summed E-state index contributed by atoms with van der Waals surface area (Å²) in [5, 5.41) is 3.48. The monoisotopic (exact) mass is 380 g/mol. The molecule has 1 aromatic heterocycles. The second-order valence-electron chi connectivity index (χ2n) is 9.73. The summed E-state index contributed by atoms with van der Waals surface area (Å²) in [6.45, 7) is 11.2. The van der Waals surface area contributed by atoms with Crippen LogP contribution in [0.25, 0.3) is 0 Å². The Bertz CT molecular complexity index is 793. The Morgan fingerprint density at radius 2 is 1.75 bits per heavy atom. The van der Waals surface area contributed by atoms with Crippen LogP contribution in [-0.4, -0.2) is 16.5 Å². The van der Waals surface area contributed by atoms with Crippen molar-refractivity contribution < 1.29 is 4.79 Å². The van der Waals surface area contributed by atoms with Crippen molar-refractivity contribution in [2.24, 2.45) is 23.7 Å². The van der Waals surface area contributed by atoms with E-state index in [4.69, 9.17) is 0 Å². The number of aryl methyl sites for hydroxylation is 2. The van der Waals surface area contributed by atoms with Gasteiger partial charge < -0.3 is 9.88 Å². The normalized spacial score (nSPS) is 32.3. The summed E-state index contributed by atoms with van der Waals surface area (Å²) in [5.41, 5.74) is 5.09. The maximum atomic E-state index is 13.4. The van der Waals surface area contributed by atoms with Crippen LogP contribution >= 0.6 is 0 Å². The minimum absolute atomic E-state index is 0.184. The average molecular weight is 381 g/mol. The Morgan fingerprint density at radius 1 is 1.07 bits per heavy atom. The first-order valence-corrected chi connectivity index (χ1v) is 11.2. The van der Waals surface area contributed by atoms with Crippen LogP contribution in [-0.2, 0) is 4.79 Å². The quantitative estimate of drug-likeness (QED) is 0.688. The summed E-state index contributed by atoms with van der Waals surface area (Å²) in [6, 6.07) is 5.01. The van der Waals surface area contributed by atoms with E-state index in [0.717, 1.165) is 18.4 Å². The Hall–Kier alpha value is -1.77. The van der Waals surface area contributed by atoms with Crippen LogP contribution in [0, 0.1) is 37.5 Å². The van der Waals surface area contributed by atoms with E-state index < -0.39 is 0 Å². The van der Waals surface area contributed by atoms with Crippen molar-refractivity contribution in [3.05, 3.63) is 46.8 Å². The molecule has 0 saturated heterocycles. The molecular formula is C25H36N2O. The maximum absolute atomic E-state index is 13.4. The molecule has 1 N–H and O–H groups in total. The SMILES string of the molecule is CC1=CC2C(C(=O)N[C@H]3CCCC[C@@H]3n3c(C)ccc3C)=CC1CC2C(C)C. The zero-order chi connectivity index (χ0) is 20.0. The Kier molecular flexibility index (Phi) is 5.28. The molecule has 3 nitrogen and oxygen atoms in total. The molecule has 0 aromatic carbocycles. The number of hydrogen-bond acceptors (Lipinski definition) is 1. The van der Waals surface area contributed by atoms with Crippen LogP contribution < -0.4 is 5.32 Å². The van der Waals surface area contributed by atoms with Gasteiger partial charge in [-0.1, -0.05) is 44.4 Å². The number of amides is 1. The zero-order valence-corrected chi connectivity index (χ0v) is 18.2. The molecule has 5 rings (SSSR count). The fourth-order valence-electron chi connectivity index (χ4n) is 5.96. The molecule has 2 bridgehead atoms. The first-order chi connectivity index (χ1) is 13.4. The number of fused-ring (bicyclic) bond motifs is 1. The number of rotatable bonds is 4. The van der Waals surface area contributed by atoms with E-state index in [-0.39, 0.29) is 11.9 Å². The predicted molar refractivity (Wildman–Crippen MR) is 115 cm³/mol. The van der Waals surface area contributed by atoms with Gasteiger partial charge in [0.05, 0.1) is 6.04 Å². The molecule has 4 aliphatic carbocycles. The second kappa shape index (κ2) is 7.57. The largest absolute Gasteiger partial charge is 0.347 e. The molecule has 5 atom stereocenters. The molecule has 1 aromatic rings. The number of nitrogens with zero attached hydrogens (tertiary/aromatic N) is 1. The van der Waals surface area contributed by atoms with Crippen LogP contribution in [0.4, 0.5) is 0 Å². The van der Waals surface area contributed by atoms with Gasteiger partial charge >= 0.3 is 0 Å². The Morgan fingerprint density at radius 3 is 2.39 bits per heavy atom. The third kappa shape index (κ3) is 3.38. The summed E-state index contributed by atoms with van der Waals surface area (Å²) >= 11 is 0. The van der Waals surface area contributed by atoms with Crippen LogP contribution in [0.3, 0.4) is 0 Å². The highest BCUT2D eigenvalue weighted by Gasteiger charge is 2.40. The van der Waals surface area contributed by atoms with Gasteiger partial charge in [-0.25, -0.2) is 0 Å². The lowest BCUT2D eigenvalue weighted by Gasteiger charge is -2.42. The fraction of sp³-hybridized carbons (Fsp3) is 0.640. The van der Waals surface area contributed by atoms with E-state index in [1.807, 2.05) is 0 Å². The fourth-order valence-corrected chi connectivity index (χ4v) is 5.96. The van der Waals surface area contributed by atoms with E-state index in [1.165, 1.54) is 36.2 Å². The van der Waals surface area contributed by atoms with Gasteiger partial charge in [0, 0.05) is 28.9 Å². The van der Waals surface area contributed by atoms with Crippen LogP contribution in [0.5, 0.6) is 0 Å². The van der Waals surface area contributed by atoms with Crippen molar-refractivity contribution in [1.29, 1.82) is 0 Å². The zero-order valence-electron chi connectivity index (χ0n) is 18.2. The predicted octanol–water partition coefficient (Wildman–Crippen LogP) is 5.50. The van der Waals surface area contributed by atoms with Gasteiger partial charge in [-0.15, -0.1) is 0 Å². The lowest BCUT2D eigenvalue weighted by Crippen LogP contribution is -2.46. The van der Waals surface area contributed by atoms with Gasteiger partial charge in [-0.3, -0.25) is 4.79 Å². The van der Waals surface area contributed by atoms with Crippen LogP contribution in [0.15, 0.2) is 35.4 Å². The first-order valence-electron chi connectivity index (χ1n) is 11.2. The summed E-state index contributed by atoms with van der Waals surface area (Å²) in [5.74, 6) is 2.14. The molecule has 0 aliphatic heterocycles. The minimum atomic E-state index is 0.184. The van der Waals surface area contributed by atoms with Crippen molar-refractivity contribution in [2.45, 2.75) is 78.8 Å². The highest BCUT2D eigenvalue weighted by molar-refractivity contribution is 5.95. The molecule has 0 radical (unpaired) electrons. The van der Waals surface area contributed by atoms with E-state index in [9.17, 15) is 4.79 Å². The topological polar surface area (TPSA) is 34.0 Å². The molecule has 1 amide bonds. The van der Waals surface area contributed by atoms with Crippen LogP contribution in [0.1, 0.15) is 70.3 Å². The lowest BCUT2D eigenvalue weighted by atomic mass is 9.63. The van der Waals surface area contributed by atoms with Gasteiger partial charge in [0.1, 0.15) is 0 Å². The Labute approximate surface area is 170 Å². The van der Waals surface area contributed by atoms with Crippen molar-refractivity contribution in [2.75, 3.05) is 0 Å². The summed E-state index contributed by atoms with van der Waals surface area (Å²) < 4.78 is 2.45. The highest BCUT2D eigenvalue weighted by Crippen LogP contribution is 2.46. The molecule has 3 heteroatoms. The van der Waals surface area contributed by atoms with Gasteiger partial charge in [0.15, 0.2) is 0 Å². The van der Waals surface area contributed by atoms with Crippen molar-refractivity contribution in [3.8, 4) is 0 Å². The van der Waals surface area contributed by atoms with Crippen molar-refractivity contribution in [3.63, 3.8) is 0 Å². The van der Waals surface area contributed by atoms with E-state index in [2.05, 4.69) is 68.8 Å². The van der Waals surface area contributed by atoms with Gasteiger partial charge in [0.25, 0.3) is 0 Å². The number of carbonyl (C=O) groups excluding carboxylic acids is 1. The highest BCUT2D eigenvalue weighted by atomic mass is 16.1. The van der Waals surface area contributed by atoms with E-state index in [0.29, 0.717) is 29.7 Å². The molecule has 152 valence electrons. The van der Waals surface area contributed by atoms with Gasteiger partial charge in [0.2, 0.25) is 5.91 Å². The third-order valence-electron chi connectivity index (χ3n) is 7.58. The third-order valence-corrected chi connectivity index (χ3v) is 7.58. The Balaban J connectivity index is 1.55. The van der Waals surface area contributed by atoms with Gasteiger partial charge in [-0.2, -0.15) is 0 Å². The molecular weight excluding hydrogens is 344 g/mol. The number of hydrogen-bond donors (Lipinski definition) is 1. The van der Waals surface area contributed by atoms with E-state index >= 15 is 0 Å². The summed E-state index contributed by atoms with van der Waals surface area (Å²) in [7, 11) is 0. The van der Waals surface area contributed by atoms with Crippen LogP contribution in [0.2, 0.25) is 0 Å². The molecule has 28 heavy (non-hydrogen) atoms. The summed E-state index contributed by atoms with van der Waals surface area (Å²) in [6.07, 6.45) is 10.6. The number of nitrogens with one attached hydrogen (secondary N) is 1. The molecule has 1 saturated carbocycles. The molecule has 0 spiro atoms. The minimum Gasteiger partial charge on any atom is -0.347 e. The lowest BCUT2D eigenvalue weighted by molar-refractivity contribution is -0.119. The standard InChI is InChI=1S/C25H36N2O/c1-15(2)20-13-19-14-22(21(20)12-16(19)3)25(28)26-23-8-6-7-9-24(23)27-17(4)10-11-18(27)5/h10-12,14-15,19-21,23-24H,6-9,13H2,1-5H3,(H,26,28)/t19?,20?,21?,23-,24-/m0/s1. The number of carbonyl (C=O) groups is 1. The molecule has 1 heterocycles. The number of allylic oxidation sites excluding steroid dienone is 3. The average Bonchev–Trinajstić information content (AvgIpc) is 3.00. The van der Waals surface area contributed by atoms with E-state index in [1.54, 1.807) is 0 Å². The van der Waals surface area contributed by atoms with Gasteiger partial charge in [-0.05, 0) is 69.9 Å². The second-order valence-corrected chi connectivity index (χ2v) is 9.73. The first kappa shape index (κ1) is 19.5. The smallest absolute Gasteiger partial charge is 0.247 e.